The van der Waals surface area contributed by atoms with Crippen molar-refractivity contribution in [1.29, 1.82) is 0 Å². The first-order valence-corrected chi connectivity index (χ1v) is 5.23. The molecule has 1 saturated heterocycles. The lowest BCUT2D eigenvalue weighted by Crippen LogP contribution is -2.35. The average molecular weight is 200 g/mol. The van der Waals surface area contributed by atoms with E-state index in [0.29, 0.717) is 18.6 Å². The Labute approximate surface area is 88.6 Å². The Morgan fingerprint density at radius 2 is 2.07 bits per heavy atom. The summed E-state index contributed by atoms with van der Waals surface area (Å²) >= 11 is 0. The van der Waals surface area contributed by atoms with Crippen LogP contribution in [0.5, 0.6) is 0 Å². The number of carbonyl (C=O) groups excluding carboxylic acids is 1. The van der Waals surface area contributed by atoms with Gasteiger partial charge in [0.2, 0.25) is 0 Å². The molecule has 0 N–H and O–H groups in total. The molecule has 0 aliphatic carbocycles. The normalized spacial score (nSPS) is 33.3. The van der Waals surface area contributed by atoms with Gasteiger partial charge >= 0.3 is 0 Å². The summed E-state index contributed by atoms with van der Waals surface area (Å²) in [7, 11) is 0. The van der Waals surface area contributed by atoms with Crippen molar-refractivity contribution in [1.82, 2.24) is 0 Å². The maximum absolute atomic E-state index is 11.6. The van der Waals surface area contributed by atoms with E-state index in [4.69, 9.17) is 4.74 Å². The van der Waals surface area contributed by atoms with Gasteiger partial charge in [-0.2, -0.15) is 0 Å². The van der Waals surface area contributed by atoms with Crippen molar-refractivity contribution in [2.45, 2.75) is 24.5 Å². The molecule has 2 aliphatic rings. The molecule has 0 spiro atoms. The minimum atomic E-state index is -0.471. The first-order valence-electron chi connectivity index (χ1n) is 5.23. The summed E-state index contributed by atoms with van der Waals surface area (Å²) in [5.74, 6) is 0.292. The van der Waals surface area contributed by atoms with Crippen LogP contribution in [0.25, 0.3) is 0 Å². The minimum absolute atomic E-state index is 0.00791. The van der Waals surface area contributed by atoms with Crippen LogP contribution in [0.3, 0.4) is 0 Å². The highest BCUT2D eigenvalue weighted by Gasteiger charge is 2.43. The lowest BCUT2D eigenvalue weighted by molar-refractivity contribution is -0.138. The first kappa shape index (κ1) is 8.86. The molecule has 0 aromatic heterocycles. The van der Waals surface area contributed by atoms with Gasteiger partial charge in [-0.1, -0.05) is 36.4 Å². The Kier molecular flexibility index (Phi) is 1.80. The summed E-state index contributed by atoms with van der Waals surface area (Å²) in [6, 6.07) is 9.97. The van der Waals surface area contributed by atoms with Gasteiger partial charge < -0.3 is 4.74 Å². The molecule has 2 aliphatic heterocycles. The molecule has 2 nitrogen and oxygen atoms in total. The molecule has 1 aromatic carbocycles. The molecule has 15 heavy (non-hydrogen) atoms. The van der Waals surface area contributed by atoms with Crippen LogP contribution >= 0.6 is 0 Å². The van der Waals surface area contributed by atoms with Gasteiger partial charge in [-0.15, -0.1) is 0 Å². The monoisotopic (exact) mass is 200 g/mol. The molecule has 2 heteroatoms. The second-order valence-electron chi connectivity index (χ2n) is 4.19. The van der Waals surface area contributed by atoms with E-state index in [-0.39, 0.29) is 6.10 Å². The molecule has 76 valence electrons. The van der Waals surface area contributed by atoms with E-state index in [0.717, 1.165) is 5.56 Å². The summed E-state index contributed by atoms with van der Waals surface area (Å²) in [5.41, 5.74) is 0.609. The van der Waals surface area contributed by atoms with Crippen molar-refractivity contribution in [3.63, 3.8) is 0 Å². The first-order chi connectivity index (χ1) is 7.28. The predicted molar refractivity (Wildman–Crippen MR) is 56.4 cm³/mol. The van der Waals surface area contributed by atoms with Crippen molar-refractivity contribution in [3.8, 4) is 0 Å². The fourth-order valence-electron chi connectivity index (χ4n) is 2.40. The highest BCUT2D eigenvalue weighted by molar-refractivity contribution is 5.82. The van der Waals surface area contributed by atoms with E-state index >= 15 is 0 Å². The molecule has 2 bridgehead atoms. The topological polar surface area (TPSA) is 26.3 Å². The fourth-order valence-corrected chi connectivity index (χ4v) is 2.40. The molecule has 2 heterocycles. The van der Waals surface area contributed by atoms with Gasteiger partial charge in [0.25, 0.3) is 0 Å². The molecule has 2 atom stereocenters. The third-order valence-electron chi connectivity index (χ3n) is 3.09. The van der Waals surface area contributed by atoms with Crippen molar-refractivity contribution < 1.29 is 9.53 Å². The van der Waals surface area contributed by atoms with Gasteiger partial charge in [0.1, 0.15) is 11.4 Å². The van der Waals surface area contributed by atoms with Gasteiger partial charge in [-0.3, -0.25) is 4.79 Å². The van der Waals surface area contributed by atoms with Crippen LogP contribution in [-0.2, 0) is 15.1 Å². The highest BCUT2D eigenvalue weighted by atomic mass is 16.5. The van der Waals surface area contributed by atoms with E-state index in [1.54, 1.807) is 0 Å². The average Bonchev–Trinajstić information content (AvgIpc) is 2.57. The lowest BCUT2D eigenvalue weighted by Gasteiger charge is -2.32. The summed E-state index contributed by atoms with van der Waals surface area (Å²) in [4.78, 5) is 11.6. The zero-order valence-electron chi connectivity index (χ0n) is 8.35. The van der Waals surface area contributed by atoms with Crippen molar-refractivity contribution in [2.75, 3.05) is 0 Å². The molecule has 0 unspecified atom stereocenters. The largest absolute Gasteiger partial charge is 0.358 e. The van der Waals surface area contributed by atoms with E-state index in [1.807, 2.05) is 42.5 Å². The number of ketones is 1. The zero-order valence-corrected chi connectivity index (χ0v) is 8.35. The molecule has 1 fully saturated rings. The maximum atomic E-state index is 11.6. The van der Waals surface area contributed by atoms with Gasteiger partial charge in [-0.25, -0.2) is 0 Å². The number of benzene rings is 1. The number of ether oxygens (including phenoxy) is 1. The van der Waals surface area contributed by atoms with Crippen molar-refractivity contribution in [3.05, 3.63) is 48.0 Å². The Bertz CT molecular complexity index is 421. The Balaban J connectivity index is 2.04. The van der Waals surface area contributed by atoms with Gasteiger partial charge in [0.15, 0.2) is 0 Å². The highest BCUT2D eigenvalue weighted by Crippen LogP contribution is 2.42. The lowest BCUT2D eigenvalue weighted by atomic mass is 9.88. The Morgan fingerprint density at radius 3 is 2.87 bits per heavy atom. The van der Waals surface area contributed by atoms with E-state index in [9.17, 15) is 4.79 Å². The van der Waals surface area contributed by atoms with Gasteiger partial charge in [-0.05, 0) is 11.6 Å². The number of carbonyl (C=O) groups is 1. The fraction of sp³-hybridized carbons (Fsp3) is 0.308. The summed E-state index contributed by atoms with van der Waals surface area (Å²) < 4.78 is 5.91. The van der Waals surface area contributed by atoms with E-state index < -0.39 is 5.60 Å². The summed E-state index contributed by atoms with van der Waals surface area (Å²) in [5, 5.41) is 0. The Morgan fingerprint density at radius 1 is 1.27 bits per heavy atom. The number of rotatable bonds is 1. The SMILES string of the molecule is O=C1C[C@@H]2C=C[C@](c3ccccc3)(C1)O2. The molecule has 0 amide bonds. The van der Waals surface area contributed by atoms with Crippen molar-refractivity contribution in [2.24, 2.45) is 0 Å². The summed E-state index contributed by atoms with van der Waals surface area (Å²) in [6.07, 6.45) is 5.05. The molecular weight excluding hydrogens is 188 g/mol. The second-order valence-corrected chi connectivity index (χ2v) is 4.19. The molecular formula is C13H12O2. The maximum Gasteiger partial charge on any atom is 0.139 e. The smallest absolute Gasteiger partial charge is 0.139 e. The molecule has 0 saturated carbocycles. The predicted octanol–water partition coefficient (Wildman–Crippen LogP) is 2.20. The minimum Gasteiger partial charge on any atom is -0.358 e. The number of Topliss-reactive ketones (excluding diaryl/α,β-unsaturated/α-hetero) is 1. The van der Waals surface area contributed by atoms with Crippen LogP contribution in [0.15, 0.2) is 42.5 Å². The van der Waals surface area contributed by atoms with Gasteiger partial charge in [0, 0.05) is 12.8 Å². The molecule has 3 rings (SSSR count). The molecule has 1 aromatic rings. The van der Waals surface area contributed by atoms with Crippen LogP contribution < -0.4 is 0 Å². The van der Waals surface area contributed by atoms with E-state index in [1.165, 1.54) is 0 Å². The number of hydrogen-bond acceptors (Lipinski definition) is 2. The van der Waals surface area contributed by atoms with Crippen LogP contribution in [0.1, 0.15) is 18.4 Å². The summed E-state index contributed by atoms with van der Waals surface area (Å²) in [6.45, 7) is 0. The van der Waals surface area contributed by atoms with Crippen molar-refractivity contribution >= 4 is 5.78 Å². The van der Waals surface area contributed by atoms with E-state index in [2.05, 4.69) is 0 Å². The van der Waals surface area contributed by atoms with Crippen LogP contribution in [-0.4, -0.2) is 11.9 Å². The standard InChI is InChI=1S/C13H12O2/c14-11-8-12-6-7-13(9-11,15-12)10-4-2-1-3-5-10/h1-7,12H,8-9H2/t12-,13+/m0/s1. The van der Waals surface area contributed by atoms with Crippen LogP contribution in [0.4, 0.5) is 0 Å². The number of fused-ring (bicyclic) bond motifs is 2. The van der Waals surface area contributed by atoms with Crippen LogP contribution in [0, 0.1) is 0 Å². The van der Waals surface area contributed by atoms with Gasteiger partial charge in [0.05, 0.1) is 6.10 Å². The quantitative estimate of drug-likeness (QED) is 0.649. The Hall–Kier alpha value is -1.41. The van der Waals surface area contributed by atoms with Crippen LogP contribution in [0.2, 0.25) is 0 Å². The third kappa shape index (κ3) is 1.33. The third-order valence-corrected chi connectivity index (χ3v) is 3.09. The zero-order chi connectivity index (χ0) is 10.3. The number of hydrogen-bond donors (Lipinski definition) is 0. The molecule has 0 radical (unpaired) electrons. The second kappa shape index (κ2) is 3.04.